The predicted octanol–water partition coefficient (Wildman–Crippen LogP) is 6.37. The molecular formula is C6H11BCl8P. The van der Waals surface area contributed by atoms with E-state index in [1.807, 2.05) is 6.92 Å². The molecule has 10 heteroatoms. The highest BCUT2D eigenvalue weighted by atomic mass is 35.6. The highest BCUT2D eigenvalue weighted by molar-refractivity contribution is 7.49. The van der Waals surface area contributed by atoms with Gasteiger partial charge < -0.3 is 0 Å². The molecule has 1 unspecified atom stereocenters. The van der Waals surface area contributed by atoms with E-state index in [4.69, 9.17) is 94.1 Å². The third-order valence-corrected chi connectivity index (χ3v) is 1.20. The van der Waals surface area contributed by atoms with Crippen molar-refractivity contribution in [1.82, 2.24) is 0 Å². The van der Waals surface area contributed by atoms with Crippen molar-refractivity contribution in [3.05, 3.63) is 12.1 Å². The van der Waals surface area contributed by atoms with E-state index in [1.54, 1.807) is 0 Å². The zero-order valence-corrected chi connectivity index (χ0v) is 15.4. The molecule has 1 radical (unpaired) electrons. The van der Waals surface area contributed by atoms with Crippen molar-refractivity contribution in [1.29, 1.82) is 1.34 Å². The Morgan fingerprint density at radius 2 is 1.31 bits per heavy atom. The van der Waals surface area contributed by atoms with Gasteiger partial charge >= 0.3 is 0 Å². The summed E-state index contributed by atoms with van der Waals surface area (Å²) < 4.78 is 3.39. The van der Waals surface area contributed by atoms with Gasteiger partial charge in [-0.3, -0.25) is 0 Å². The molecule has 0 nitrogen and oxygen atoms in total. The van der Waals surface area contributed by atoms with Gasteiger partial charge in [-0.1, -0.05) is 106 Å². The molecule has 0 saturated carbocycles. The van der Waals surface area contributed by atoms with Crippen LogP contribution < -0.4 is 0 Å². The Morgan fingerprint density at radius 3 is 1.31 bits per heavy atom. The maximum atomic E-state index is 6.05. The summed E-state index contributed by atoms with van der Waals surface area (Å²) in [4.78, 5) is 0. The van der Waals surface area contributed by atoms with Gasteiger partial charge in [0.15, 0.2) is 3.79 Å². The summed E-state index contributed by atoms with van der Waals surface area (Å²) in [6.45, 7) is 4.94. The zero-order valence-electron chi connectivity index (χ0n) is 9.17. The van der Waals surface area contributed by atoms with Crippen LogP contribution in [0.1, 0.15) is 13.3 Å². The summed E-state index contributed by atoms with van der Waals surface area (Å²) in [6, 6.07) is 0. The Labute approximate surface area is 142 Å². The van der Waals surface area contributed by atoms with Gasteiger partial charge in [0.05, 0.1) is 0 Å². The van der Waals surface area contributed by atoms with E-state index in [0.717, 1.165) is 0 Å². The molecule has 0 spiro atoms. The molecule has 0 aliphatic rings. The maximum absolute atomic E-state index is 6.05. The first-order chi connectivity index (χ1) is 7.39. The zero-order chi connectivity index (χ0) is 15.1. The van der Waals surface area contributed by atoms with Gasteiger partial charge in [0, 0.05) is 0 Å². The molecule has 0 heterocycles. The van der Waals surface area contributed by atoms with Gasteiger partial charge in [0.2, 0.25) is 0 Å². The van der Waals surface area contributed by atoms with Crippen molar-refractivity contribution < 1.29 is 0 Å². The number of hydrogen-bond acceptors (Lipinski definition) is 0. The molecule has 16 heavy (non-hydrogen) atoms. The number of rotatable bonds is 0. The van der Waals surface area contributed by atoms with Crippen LogP contribution in [-0.2, 0) is 0 Å². The van der Waals surface area contributed by atoms with Crippen LogP contribution in [0.4, 0.5) is 0 Å². The van der Waals surface area contributed by atoms with Crippen LogP contribution >= 0.6 is 102 Å². The molecule has 0 bridgehead atoms. The van der Waals surface area contributed by atoms with Crippen LogP contribution in [0.3, 0.4) is 0 Å². The Morgan fingerprint density at radius 1 is 1.25 bits per heavy atom. The second kappa shape index (κ2) is 17.6. The maximum Gasteiger partial charge on any atom is 0.266 e. The lowest BCUT2D eigenvalue weighted by atomic mass is 10.6. The van der Waals surface area contributed by atoms with Gasteiger partial charge in [-0.05, 0) is 13.3 Å². The van der Waals surface area contributed by atoms with Crippen LogP contribution in [0.25, 0.3) is 0 Å². The Hall–Kier alpha value is 2.55. The van der Waals surface area contributed by atoms with E-state index < -0.39 is 7.04 Å². The second-order valence-corrected chi connectivity index (χ2v) is 7.80. The largest absolute Gasteiger partial charge is 0.266 e. The van der Waals surface area contributed by atoms with E-state index in [-0.39, 0.29) is 0 Å². The number of alkyl halides is 7. The molecule has 0 aromatic heterocycles. The van der Waals surface area contributed by atoms with Gasteiger partial charge in [0.1, 0.15) is 7.53 Å². The predicted molar refractivity (Wildman–Crippen MR) is 89.6 cm³/mol. The van der Waals surface area contributed by atoms with Crippen LogP contribution in [-0.4, -0.2) is 15.9 Å². The Balaban J connectivity index is -0.0000000698. The van der Waals surface area contributed by atoms with Gasteiger partial charge in [-0.25, -0.2) is 0 Å². The quantitative estimate of drug-likeness (QED) is 0.247. The molecule has 0 aliphatic heterocycles. The molecule has 0 saturated heterocycles. The molecular weight excluding hydrogens is 397 g/mol. The highest BCUT2D eigenvalue weighted by Crippen LogP contribution is 2.30. The minimum atomic E-state index is -1.61. The first-order valence-electron chi connectivity index (χ1n) is 3.92. The van der Waals surface area contributed by atoms with Gasteiger partial charge in [-0.15, -0.1) is 0 Å². The molecule has 0 fully saturated rings. The third kappa shape index (κ3) is 130. The SMILES string of the molecule is C=CCl.CCC(Cl)(Cl)Cl.ClC(Cl)(Cl)Cl.[3H][B]P. The van der Waals surface area contributed by atoms with E-state index in [0.29, 0.717) is 6.42 Å². The standard InChI is InChI=1S/C3H5Cl3.C2H3Cl.CCl4.BH3P/c1-2-3(4,5)6;1-2-3;2-1(3,4)5;1-2/h2H2,1H3;2H,1H2;;1H,2H2/i;;;1T. The van der Waals surface area contributed by atoms with Crippen LogP contribution in [0.15, 0.2) is 12.1 Å². The van der Waals surface area contributed by atoms with Gasteiger partial charge in [-0.2, -0.15) is 9.12 Å². The summed E-state index contributed by atoms with van der Waals surface area (Å²) in [6.07, 6.45) is 0.567. The van der Waals surface area contributed by atoms with Crippen molar-refractivity contribution >= 4 is 109 Å². The summed E-state index contributed by atoms with van der Waals surface area (Å²) in [5, 5.41) is 0. The molecule has 99 valence electrons. The van der Waals surface area contributed by atoms with Crippen molar-refractivity contribution in [2.75, 3.05) is 0 Å². The first kappa shape index (κ1) is 23.6. The monoisotopic (exact) mass is 407 g/mol. The average Bonchev–Trinajstić information content (AvgIpc) is 2.02. The highest BCUT2D eigenvalue weighted by Gasteiger charge is 2.14. The lowest BCUT2D eigenvalue weighted by molar-refractivity contribution is 0.974. The Bertz CT molecular complexity index is 142. The third-order valence-electron chi connectivity index (χ3n) is 0.401. The first-order valence-corrected chi connectivity index (χ1v) is 7.09. The van der Waals surface area contributed by atoms with Crippen molar-refractivity contribution in [2.45, 2.75) is 20.4 Å². The van der Waals surface area contributed by atoms with E-state index in [2.05, 4.69) is 15.7 Å². The van der Waals surface area contributed by atoms with Crippen molar-refractivity contribution in [3.8, 4) is 0 Å². The normalized spacial score (nSPS) is 10.0. The Kier molecular flexibility index (Phi) is 25.9. The summed E-state index contributed by atoms with van der Waals surface area (Å²) >= 11 is 39.8. The van der Waals surface area contributed by atoms with Crippen LogP contribution in [0.2, 0.25) is 0 Å². The molecule has 0 N–H and O–H groups in total. The van der Waals surface area contributed by atoms with Crippen LogP contribution in [0.5, 0.6) is 0 Å². The average molecular weight is 411 g/mol. The smallest absolute Gasteiger partial charge is 0.183 e. The van der Waals surface area contributed by atoms with Crippen molar-refractivity contribution in [2.24, 2.45) is 0 Å². The topological polar surface area (TPSA) is 0 Å². The second-order valence-electron chi connectivity index (χ2n) is 1.55. The molecule has 0 aromatic rings. The van der Waals surface area contributed by atoms with E-state index in [1.165, 1.54) is 13.1 Å². The lowest BCUT2D eigenvalue weighted by Gasteiger charge is -2.02. The minimum Gasteiger partial charge on any atom is -0.183 e. The fraction of sp³-hybridized carbons (Fsp3) is 0.667. The van der Waals surface area contributed by atoms with Crippen LogP contribution in [0, 0.1) is 0 Å². The van der Waals surface area contributed by atoms with Gasteiger partial charge in [0.25, 0.3) is 3.25 Å². The summed E-state index contributed by atoms with van der Waals surface area (Å²) in [7, 11) is 3.29. The number of hydrogen-bond donors (Lipinski definition) is 0. The fourth-order valence-electron chi connectivity index (χ4n) is 0. The lowest BCUT2D eigenvalue weighted by Crippen LogP contribution is -1.95. The minimum absolute atomic E-state index is 0.567. The molecule has 0 aromatic carbocycles. The molecule has 0 rings (SSSR count). The molecule has 0 aliphatic carbocycles. The fourth-order valence-corrected chi connectivity index (χ4v) is 0. The molecule has 1 atom stereocenters. The summed E-state index contributed by atoms with van der Waals surface area (Å²) in [5.41, 5.74) is 1.22. The van der Waals surface area contributed by atoms with E-state index >= 15 is 0 Å². The number of halogens is 8. The summed E-state index contributed by atoms with van der Waals surface area (Å²) in [5.74, 6) is 0. The molecule has 0 amide bonds. The van der Waals surface area contributed by atoms with E-state index in [9.17, 15) is 0 Å². The van der Waals surface area contributed by atoms with Crippen molar-refractivity contribution in [3.63, 3.8) is 0 Å².